The molecule has 0 spiro atoms. The van der Waals surface area contributed by atoms with Crippen LogP contribution in [0.5, 0.6) is 11.5 Å². The van der Waals surface area contributed by atoms with E-state index >= 15 is 0 Å². The monoisotopic (exact) mass is 438 g/mol. The van der Waals surface area contributed by atoms with Crippen molar-refractivity contribution in [3.63, 3.8) is 0 Å². The van der Waals surface area contributed by atoms with Crippen LogP contribution in [0.1, 0.15) is 18.6 Å². The zero-order chi connectivity index (χ0) is 26.2. The first-order valence-electron chi connectivity index (χ1n) is 11.0. The average Bonchev–Trinajstić information content (AvgIpc) is 2.75. The maximum absolute atomic E-state index is 11.2. The van der Waals surface area contributed by atoms with Gasteiger partial charge in [-0.25, -0.2) is 9.97 Å². The van der Waals surface area contributed by atoms with Crippen LogP contribution < -0.4 is 20.5 Å². The van der Waals surface area contributed by atoms with Crippen LogP contribution in [0.2, 0.25) is 5.15 Å². The van der Waals surface area contributed by atoms with Crippen molar-refractivity contribution in [2.45, 2.75) is 5.16 Å². The third-order valence-corrected chi connectivity index (χ3v) is 4.25. The van der Waals surface area contributed by atoms with Crippen LogP contribution >= 0.6 is 23.4 Å². The standard InChI is InChI=1S/C13H12ClN3O2S.C7H9NO/c1-19-9-5-3-8(4-6-9)15-12-10(7-18)11(14)16-13(17-12)20-2;1-9-7-4-2-6(8)3-5-7/h3-7H,1-2H3,(H,15,16,17);2-5H,8H2,1H3/i2*1D3. The molecule has 29 heavy (non-hydrogen) atoms. The summed E-state index contributed by atoms with van der Waals surface area (Å²) in [4.78, 5) is 19.3. The fourth-order valence-corrected chi connectivity index (χ4v) is 2.62. The predicted octanol–water partition coefficient (Wildman–Crippen LogP) is 4.69. The number of halogens is 1. The van der Waals surface area contributed by atoms with Gasteiger partial charge in [0.25, 0.3) is 0 Å². The van der Waals surface area contributed by atoms with Crippen LogP contribution in [0.4, 0.5) is 17.2 Å². The van der Waals surface area contributed by atoms with Crippen LogP contribution in [0.15, 0.2) is 53.7 Å². The van der Waals surface area contributed by atoms with Crippen LogP contribution in [-0.4, -0.2) is 36.6 Å². The summed E-state index contributed by atoms with van der Waals surface area (Å²) in [6, 6.07) is 12.4. The van der Waals surface area contributed by atoms with E-state index in [9.17, 15) is 4.79 Å². The predicted molar refractivity (Wildman–Crippen MR) is 118 cm³/mol. The topological polar surface area (TPSA) is 99.4 Å². The molecule has 3 rings (SSSR count). The summed E-state index contributed by atoms with van der Waals surface area (Å²) in [7, 11) is -4.90. The number of rotatable bonds is 6. The smallest absolute Gasteiger partial charge is 0.190 e. The largest absolute Gasteiger partial charge is 0.497 e. The molecule has 9 heteroatoms. The molecular formula is C20H21ClN4O3S. The Balaban J connectivity index is 0.000000303. The van der Waals surface area contributed by atoms with E-state index in [2.05, 4.69) is 20.0 Å². The molecule has 0 aliphatic rings. The highest BCUT2D eigenvalue weighted by molar-refractivity contribution is 7.98. The van der Waals surface area contributed by atoms with Crippen molar-refractivity contribution < 1.29 is 22.5 Å². The summed E-state index contributed by atoms with van der Waals surface area (Å²) >= 11 is 7.25. The molecule has 0 radical (unpaired) electrons. The molecule has 0 saturated heterocycles. The fourth-order valence-electron chi connectivity index (χ4n) is 1.99. The van der Waals surface area contributed by atoms with Crippen molar-refractivity contribution in [1.82, 2.24) is 9.97 Å². The fraction of sp³-hybridized carbons (Fsp3) is 0.150. The number of carbonyl (C=O) groups is 1. The molecule has 0 aliphatic carbocycles. The Morgan fingerprint density at radius 3 is 2.17 bits per heavy atom. The molecule has 0 fully saturated rings. The Hall–Kier alpha value is -2.97. The van der Waals surface area contributed by atoms with E-state index in [4.69, 9.17) is 30.3 Å². The Bertz CT molecular complexity index is 1130. The second kappa shape index (κ2) is 11.1. The summed E-state index contributed by atoms with van der Waals surface area (Å²) < 4.78 is 50.9. The van der Waals surface area contributed by atoms with Crippen LogP contribution in [-0.2, 0) is 0 Å². The first kappa shape index (κ1) is 14.9. The van der Waals surface area contributed by atoms with E-state index in [0.29, 0.717) is 28.6 Å². The number of methoxy groups -OCH3 is 2. The molecule has 0 bridgehead atoms. The Morgan fingerprint density at radius 2 is 1.66 bits per heavy atom. The zero-order valence-electron chi connectivity index (χ0n) is 21.2. The lowest BCUT2D eigenvalue weighted by molar-refractivity contribution is 0.112. The van der Waals surface area contributed by atoms with Gasteiger partial charge in [-0.3, -0.25) is 4.79 Å². The number of hydrogen-bond donors (Lipinski definition) is 2. The van der Waals surface area contributed by atoms with Gasteiger partial charge in [-0.15, -0.1) is 0 Å². The highest BCUT2D eigenvalue weighted by atomic mass is 35.5. The third kappa shape index (κ3) is 6.55. The highest BCUT2D eigenvalue weighted by Crippen LogP contribution is 2.26. The minimum atomic E-state index is -2.51. The van der Waals surface area contributed by atoms with Crippen molar-refractivity contribution >= 4 is 46.8 Å². The number of benzene rings is 2. The van der Waals surface area contributed by atoms with Gasteiger partial charge < -0.3 is 20.5 Å². The number of nitrogens with zero attached hydrogens (tertiary/aromatic N) is 2. The first-order chi connectivity index (χ1) is 16.3. The molecular weight excluding hydrogens is 412 g/mol. The van der Waals surface area contributed by atoms with Gasteiger partial charge in [0.1, 0.15) is 22.5 Å². The van der Waals surface area contributed by atoms with Gasteiger partial charge in [0.05, 0.1) is 27.9 Å². The zero-order valence-corrected chi connectivity index (χ0v) is 16.8. The number of carbonyl (C=O) groups excluding carboxylic acids is 1. The molecule has 0 atom stereocenters. The summed E-state index contributed by atoms with van der Waals surface area (Å²) in [6.07, 6.45) is 2.36. The van der Waals surface area contributed by atoms with Crippen LogP contribution in [0.3, 0.4) is 0 Å². The van der Waals surface area contributed by atoms with Crippen molar-refractivity contribution in [2.75, 3.05) is 31.4 Å². The van der Waals surface area contributed by atoms with Gasteiger partial charge in [-0.2, -0.15) is 0 Å². The third-order valence-electron chi connectivity index (χ3n) is 3.41. The average molecular weight is 439 g/mol. The van der Waals surface area contributed by atoms with Gasteiger partial charge in [0, 0.05) is 11.4 Å². The van der Waals surface area contributed by atoms with E-state index in [-0.39, 0.29) is 22.3 Å². The number of aromatic nitrogens is 2. The lowest BCUT2D eigenvalue weighted by atomic mass is 10.3. The highest BCUT2D eigenvalue weighted by Gasteiger charge is 2.12. The molecule has 0 amide bonds. The Morgan fingerprint density at radius 1 is 1.07 bits per heavy atom. The lowest BCUT2D eigenvalue weighted by Crippen LogP contribution is -2.02. The number of nitrogens with one attached hydrogen (secondary N) is 1. The van der Waals surface area contributed by atoms with E-state index in [1.807, 2.05) is 0 Å². The number of hydrogen-bond acceptors (Lipinski definition) is 8. The van der Waals surface area contributed by atoms with Gasteiger partial charge in [0.15, 0.2) is 11.4 Å². The Kier molecular flexibility index (Phi) is 5.74. The number of aldehydes is 1. The maximum atomic E-state index is 11.2. The van der Waals surface area contributed by atoms with E-state index in [1.165, 1.54) is 36.0 Å². The van der Waals surface area contributed by atoms with Gasteiger partial charge >= 0.3 is 0 Å². The molecule has 0 unspecified atom stereocenters. The molecule has 152 valence electrons. The summed E-state index contributed by atoms with van der Waals surface area (Å²) in [5.41, 5.74) is 6.71. The molecule has 0 saturated carbocycles. The van der Waals surface area contributed by atoms with Crippen molar-refractivity contribution in [3.8, 4) is 11.5 Å². The number of nitrogen functional groups attached to an aromatic ring is 1. The molecule has 3 aromatic rings. The summed E-state index contributed by atoms with van der Waals surface area (Å²) in [5.74, 6) is 0.773. The second-order valence-corrected chi connectivity index (χ2v) is 6.44. The second-order valence-electron chi connectivity index (χ2n) is 5.30. The van der Waals surface area contributed by atoms with E-state index in [1.54, 1.807) is 30.5 Å². The number of ether oxygens (including phenoxy) is 2. The molecule has 1 aromatic heterocycles. The number of nitrogens with two attached hydrogens (primary N) is 1. The first-order valence-corrected chi connectivity index (χ1v) is 9.57. The van der Waals surface area contributed by atoms with Gasteiger partial charge in [-0.1, -0.05) is 23.4 Å². The van der Waals surface area contributed by atoms with Crippen molar-refractivity contribution in [1.29, 1.82) is 0 Å². The van der Waals surface area contributed by atoms with Gasteiger partial charge in [0.2, 0.25) is 0 Å². The molecule has 7 nitrogen and oxygen atoms in total. The van der Waals surface area contributed by atoms with Crippen LogP contribution in [0, 0.1) is 0 Å². The Labute approximate surface area is 187 Å². The van der Waals surface area contributed by atoms with Crippen LogP contribution in [0.25, 0.3) is 0 Å². The van der Waals surface area contributed by atoms with Crippen molar-refractivity contribution in [2.24, 2.45) is 0 Å². The summed E-state index contributed by atoms with van der Waals surface area (Å²) in [6.45, 7) is 0. The SMILES string of the molecule is [2H]C([2H])([2H])Oc1ccc(N)cc1.[2H]C([2H])([2H])Oc1ccc(Nc2nc(SC)nc(Cl)c2C=O)cc1. The number of thioether (sulfide) groups is 1. The lowest BCUT2D eigenvalue weighted by Gasteiger charge is -2.10. The normalized spacial score (nSPS) is 13.7. The molecule has 0 aliphatic heterocycles. The number of anilines is 3. The minimum absolute atomic E-state index is 0.0594. The van der Waals surface area contributed by atoms with E-state index < -0.39 is 14.1 Å². The van der Waals surface area contributed by atoms with Crippen molar-refractivity contribution in [3.05, 3.63) is 59.2 Å². The van der Waals surface area contributed by atoms with E-state index in [0.717, 1.165) is 0 Å². The minimum Gasteiger partial charge on any atom is -0.497 e. The molecule has 3 N–H and O–H groups in total. The molecule has 2 aromatic carbocycles. The van der Waals surface area contributed by atoms with Gasteiger partial charge in [-0.05, 0) is 54.8 Å². The summed E-state index contributed by atoms with van der Waals surface area (Å²) in [5, 5.41) is 3.43. The molecule has 1 heterocycles. The maximum Gasteiger partial charge on any atom is 0.190 e. The quantitative estimate of drug-likeness (QED) is 0.188.